The third-order valence-electron chi connectivity index (χ3n) is 5.38. The van der Waals surface area contributed by atoms with Gasteiger partial charge in [-0.1, -0.05) is 42.5 Å². The lowest BCUT2D eigenvalue weighted by Gasteiger charge is -2.41. The average molecular weight is 351 g/mol. The predicted octanol–water partition coefficient (Wildman–Crippen LogP) is 3.15. The SMILES string of the molecule is CC(C)(CNC(=O)CCc1ccccc1N)N1CCc2ccccc2C1. The minimum atomic E-state index is -0.0744. The zero-order valence-electron chi connectivity index (χ0n) is 15.8. The van der Waals surface area contributed by atoms with Crippen LogP contribution < -0.4 is 11.1 Å². The molecule has 26 heavy (non-hydrogen) atoms. The van der Waals surface area contributed by atoms with Crippen LogP contribution in [-0.4, -0.2) is 29.4 Å². The van der Waals surface area contributed by atoms with Crippen molar-refractivity contribution in [2.24, 2.45) is 0 Å². The Bertz CT molecular complexity index is 769. The van der Waals surface area contributed by atoms with Crippen LogP contribution in [0.1, 0.15) is 37.0 Å². The molecule has 4 nitrogen and oxygen atoms in total. The summed E-state index contributed by atoms with van der Waals surface area (Å²) in [5, 5.41) is 3.11. The molecule has 1 aliphatic rings. The van der Waals surface area contributed by atoms with E-state index < -0.39 is 0 Å². The number of hydrogen-bond acceptors (Lipinski definition) is 3. The summed E-state index contributed by atoms with van der Waals surface area (Å²) in [5.41, 5.74) is 10.5. The van der Waals surface area contributed by atoms with Gasteiger partial charge in [0.25, 0.3) is 0 Å². The quantitative estimate of drug-likeness (QED) is 0.786. The maximum Gasteiger partial charge on any atom is 0.220 e. The number of carbonyl (C=O) groups is 1. The maximum atomic E-state index is 12.3. The Morgan fingerprint density at radius 1 is 1.12 bits per heavy atom. The molecule has 3 N–H and O–H groups in total. The van der Waals surface area contributed by atoms with Crippen LogP contribution in [-0.2, 0) is 24.2 Å². The molecule has 1 amide bonds. The first kappa shape index (κ1) is 18.5. The number of para-hydroxylation sites is 1. The van der Waals surface area contributed by atoms with E-state index in [4.69, 9.17) is 5.73 Å². The molecular weight excluding hydrogens is 322 g/mol. The van der Waals surface area contributed by atoms with Crippen molar-refractivity contribution in [3.63, 3.8) is 0 Å². The van der Waals surface area contributed by atoms with E-state index in [-0.39, 0.29) is 11.4 Å². The summed E-state index contributed by atoms with van der Waals surface area (Å²) in [6.45, 7) is 7.03. The lowest BCUT2D eigenvalue weighted by atomic mass is 9.94. The van der Waals surface area contributed by atoms with E-state index in [1.807, 2.05) is 24.3 Å². The normalized spacial score (nSPS) is 14.7. The first-order valence-corrected chi connectivity index (χ1v) is 9.37. The first-order chi connectivity index (χ1) is 12.5. The lowest BCUT2D eigenvalue weighted by molar-refractivity contribution is -0.121. The Labute approximate surface area is 156 Å². The molecule has 0 radical (unpaired) electrons. The molecule has 3 rings (SSSR count). The second kappa shape index (κ2) is 7.92. The highest BCUT2D eigenvalue weighted by molar-refractivity contribution is 5.76. The molecule has 2 aromatic rings. The number of nitrogens with one attached hydrogen (secondary N) is 1. The van der Waals surface area contributed by atoms with E-state index in [9.17, 15) is 4.79 Å². The van der Waals surface area contributed by atoms with Gasteiger partial charge < -0.3 is 11.1 Å². The summed E-state index contributed by atoms with van der Waals surface area (Å²) in [7, 11) is 0. The third-order valence-corrected chi connectivity index (χ3v) is 5.38. The molecule has 1 aliphatic heterocycles. The van der Waals surface area contributed by atoms with Gasteiger partial charge in [-0.15, -0.1) is 0 Å². The summed E-state index contributed by atoms with van der Waals surface area (Å²) < 4.78 is 0. The van der Waals surface area contributed by atoms with E-state index in [1.54, 1.807) is 0 Å². The predicted molar refractivity (Wildman–Crippen MR) is 107 cm³/mol. The van der Waals surface area contributed by atoms with E-state index in [0.29, 0.717) is 19.4 Å². The van der Waals surface area contributed by atoms with E-state index in [0.717, 1.165) is 30.8 Å². The number of hydrogen-bond donors (Lipinski definition) is 2. The number of rotatable bonds is 6. The smallest absolute Gasteiger partial charge is 0.220 e. The zero-order valence-corrected chi connectivity index (χ0v) is 15.8. The van der Waals surface area contributed by atoms with Crippen LogP contribution in [0, 0.1) is 0 Å². The van der Waals surface area contributed by atoms with Crippen LogP contribution >= 0.6 is 0 Å². The molecule has 0 saturated heterocycles. The van der Waals surface area contributed by atoms with Gasteiger partial charge >= 0.3 is 0 Å². The topological polar surface area (TPSA) is 58.4 Å². The van der Waals surface area contributed by atoms with Crippen LogP contribution in [0.3, 0.4) is 0 Å². The monoisotopic (exact) mass is 351 g/mol. The van der Waals surface area contributed by atoms with Crippen molar-refractivity contribution >= 4 is 11.6 Å². The Hall–Kier alpha value is -2.33. The largest absolute Gasteiger partial charge is 0.399 e. The van der Waals surface area contributed by atoms with E-state index in [2.05, 4.69) is 48.3 Å². The van der Waals surface area contributed by atoms with Gasteiger partial charge in [0.2, 0.25) is 5.91 Å². The van der Waals surface area contributed by atoms with Crippen molar-refractivity contribution in [1.82, 2.24) is 10.2 Å². The molecule has 0 spiro atoms. The van der Waals surface area contributed by atoms with Crippen molar-refractivity contribution < 1.29 is 4.79 Å². The fourth-order valence-corrected chi connectivity index (χ4v) is 3.54. The summed E-state index contributed by atoms with van der Waals surface area (Å²) in [4.78, 5) is 14.7. The number of nitrogens with zero attached hydrogens (tertiary/aromatic N) is 1. The number of aryl methyl sites for hydroxylation is 1. The molecule has 0 saturated carbocycles. The number of carbonyl (C=O) groups excluding carboxylic acids is 1. The van der Waals surface area contributed by atoms with Crippen LogP contribution in [0.5, 0.6) is 0 Å². The maximum absolute atomic E-state index is 12.3. The Morgan fingerprint density at radius 3 is 2.58 bits per heavy atom. The zero-order chi connectivity index (χ0) is 18.6. The Kier molecular flexibility index (Phi) is 5.62. The van der Waals surface area contributed by atoms with Gasteiger partial charge in [0.15, 0.2) is 0 Å². The number of fused-ring (bicyclic) bond motifs is 1. The van der Waals surface area contributed by atoms with Gasteiger partial charge in [0.1, 0.15) is 0 Å². The second-order valence-electron chi connectivity index (χ2n) is 7.73. The molecule has 0 unspecified atom stereocenters. The molecule has 4 heteroatoms. The lowest BCUT2D eigenvalue weighted by Crippen LogP contribution is -2.53. The third kappa shape index (κ3) is 4.44. The van der Waals surface area contributed by atoms with Gasteiger partial charge in [-0.05, 0) is 49.4 Å². The van der Waals surface area contributed by atoms with Crippen LogP contribution in [0.2, 0.25) is 0 Å². The fraction of sp³-hybridized carbons (Fsp3) is 0.409. The summed E-state index contributed by atoms with van der Waals surface area (Å²) in [6, 6.07) is 16.4. The second-order valence-corrected chi connectivity index (χ2v) is 7.73. The van der Waals surface area contributed by atoms with Gasteiger partial charge in [-0.2, -0.15) is 0 Å². The summed E-state index contributed by atoms with van der Waals surface area (Å²) in [6.07, 6.45) is 2.21. The number of benzene rings is 2. The highest BCUT2D eigenvalue weighted by Gasteiger charge is 2.29. The minimum Gasteiger partial charge on any atom is -0.399 e. The van der Waals surface area contributed by atoms with Gasteiger partial charge in [0, 0.05) is 37.3 Å². The van der Waals surface area contributed by atoms with Crippen molar-refractivity contribution in [3.8, 4) is 0 Å². The van der Waals surface area contributed by atoms with Crippen molar-refractivity contribution in [2.45, 2.75) is 45.2 Å². The highest BCUT2D eigenvalue weighted by atomic mass is 16.1. The molecule has 0 fully saturated rings. The van der Waals surface area contributed by atoms with Crippen molar-refractivity contribution in [3.05, 3.63) is 65.2 Å². The number of nitrogens with two attached hydrogens (primary N) is 1. The molecule has 2 aromatic carbocycles. The number of amides is 1. The Morgan fingerprint density at radius 2 is 1.81 bits per heavy atom. The minimum absolute atomic E-state index is 0.0744. The van der Waals surface area contributed by atoms with E-state index >= 15 is 0 Å². The molecule has 0 atom stereocenters. The van der Waals surface area contributed by atoms with E-state index in [1.165, 1.54) is 11.1 Å². The molecular formula is C22H29N3O. The van der Waals surface area contributed by atoms with Crippen LogP contribution in [0.15, 0.2) is 48.5 Å². The standard InChI is InChI=1S/C22H29N3O/c1-22(2,25-14-13-17-7-3-4-9-19(17)15-25)16-24-21(26)12-11-18-8-5-6-10-20(18)23/h3-10H,11-16,23H2,1-2H3,(H,24,26). The fourth-order valence-electron chi connectivity index (χ4n) is 3.54. The Balaban J connectivity index is 1.50. The summed E-state index contributed by atoms with van der Waals surface area (Å²) >= 11 is 0. The average Bonchev–Trinajstić information content (AvgIpc) is 2.65. The van der Waals surface area contributed by atoms with Gasteiger partial charge in [-0.25, -0.2) is 0 Å². The van der Waals surface area contributed by atoms with Crippen molar-refractivity contribution in [1.29, 1.82) is 0 Å². The molecule has 0 aromatic heterocycles. The van der Waals surface area contributed by atoms with Gasteiger partial charge in [0.05, 0.1) is 0 Å². The molecule has 0 aliphatic carbocycles. The number of anilines is 1. The van der Waals surface area contributed by atoms with Crippen LogP contribution in [0.25, 0.3) is 0 Å². The summed E-state index contributed by atoms with van der Waals surface area (Å²) in [5.74, 6) is 0.0822. The first-order valence-electron chi connectivity index (χ1n) is 9.37. The molecule has 1 heterocycles. The number of nitrogen functional groups attached to an aromatic ring is 1. The molecule has 0 bridgehead atoms. The van der Waals surface area contributed by atoms with Crippen molar-refractivity contribution in [2.75, 3.05) is 18.8 Å². The van der Waals surface area contributed by atoms with Gasteiger partial charge in [-0.3, -0.25) is 9.69 Å². The highest BCUT2D eigenvalue weighted by Crippen LogP contribution is 2.25. The van der Waals surface area contributed by atoms with Crippen LogP contribution in [0.4, 0.5) is 5.69 Å². The molecule has 138 valence electrons.